The Balaban J connectivity index is 2.33. The highest BCUT2D eigenvalue weighted by atomic mass is 16.2. The number of hydrazine groups is 1. The molecule has 0 bridgehead atoms. The fourth-order valence-corrected chi connectivity index (χ4v) is 1.50. The molecule has 0 radical (unpaired) electrons. The van der Waals surface area contributed by atoms with Crippen LogP contribution in [0.3, 0.4) is 0 Å². The van der Waals surface area contributed by atoms with Gasteiger partial charge in [-0.05, 0) is 26.8 Å². The molecule has 76 valence electrons. The van der Waals surface area contributed by atoms with Crippen molar-refractivity contribution in [3.8, 4) is 0 Å². The molecule has 0 saturated carbocycles. The lowest BCUT2D eigenvalue weighted by Gasteiger charge is -2.30. The maximum absolute atomic E-state index is 11.6. The topological polar surface area (TPSA) is 50.2 Å². The zero-order valence-corrected chi connectivity index (χ0v) is 8.61. The van der Waals surface area contributed by atoms with Crippen LogP contribution in [0.15, 0.2) is 6.07 Å². The van der Waals surface area contributed by atoms with E-state index < -0.39 is 0 Å². The molecule has 5 heteroatoms. The van der Waals surface area contributed by atoms with Crippen LogP contribution in [0, 0.1) is 6.92 Å². The van der Waals surface area contributed by atoms with Gasteiger partial charge in [0.1, 0.15) is 12.4 Å². The molecule has 1 aromatic heterocycles. The van der Waals surface area contributed by atoms with E-state index in [2.05, 4.69) is 10.5 Å². The highest BCUT2D eigenvalue weighted by Gasteiger charge is 2.24. The second-order valence-corrected chi connectivity index (χ2v) is 3.82. The zero-order valence-electron chi connectivity index (χ0n) is 8.61. The lowest BCUT2D eigenvalue weighted by Crippen LogP contribution is -2.51. The van der Waals surface area contributed by atoms with Gasteiger partial charge in [0.05, 0.1) is 5.69 Å². The molecular formula is C9H14N4O. The van der Waals surface area contributed by atoms with E-state index in [1.54, 1.807) is 10.7 Å². The molecule has 1 aromatic rings. The van der Waals surface area contributed by atoms with Crippen LogP contribution in [0.1, 0.15) is 30.0 Å². The molecule has 0 aliphatic carbocycles. The molecule has 5 nitrogen and oxygen atoms in total. The van der Waals surface area contributed by atoms with E-state index in [4.69, 9.17) is 0 Å². The van der Waals surface area contributed by atoms with Crippen molar-refractivity contribution in [3.63, 3.8) is 0 Å². The Hall–Kier alpha value is -1.36. The van der Waals surface area contributed by atoms with Crippen LogP contribution in [0.4, 0.5) is 0 Å². The predicted molar refractivity (Wildman–Crippen MR) is 51.4 cm³/mol. The van der Waals surface area contributed by atoms with Gasteiger partial charge in [-0.2, -0.15) is 10.1 Å². The Morgan fingerprint density at radius 2 is 2.29 bits per heavy atom. The number of amides is 1. The van der Waals surface area contributed by atoms with Crippen molar-refractivity contribution < 1.29 is 4.79 Å². The quantitative estimate of drug-likeness (QED) is 0.709. The highest BCUT2D eigenvalue weighted by Crippen LogP contribution is 2.11. The van der Waals surface area contributed by atoms with Crippen LogP contribution in [0.2, 0.25) is 0 Å². The van der Waals surface area contributed by atoms with Crippen LogP contribution in [-0.4, -0.2) is 26.7 Å². The monoisotopic (exact) mass is 194 g/mol. The van der Waals surface area contributed by atoms with E-state index in [0.29, 0.717) is 12.4 Å². The molecular weight excluding hydrogens is 180 g/mol. The van der Waals surface area contributed by atoms with Gasteiger partial charge >= 0.3 is 0 Å². The Labute approximate surface area is 82.7 Å². The molecule has 14 heavy (non-hydrogen) atoms. The van der Waals surface area contributed by atoms with Crippen molar-refractivity contribution in [3.05, 3.63) is 17.5 Å². The van der Waals surface area contributed by atoms with Crippen LogP contribution in [-0.2, 0) is 6.67 Å². The van der Waals surface area contributed by atoms with Gasteiger partial charge in [0.2, 0.25) is 0 Å². The summed E-state index contributed by atoms with van der Waals surface area (Å²) < 4.78 is 1.73. The van der Waals surface area contributed by atoms with Crippen molar-refractivity contribution >= 4 is 5.91 Å². The molecule has 1 N–H and O–H groups in total. The van der Waals surface area contributed by atoms with Crippen molar-refractivity contribution in [1.29, 1.82) is 0 Å². The first-order valence-corrected chi connectivity index (χ1v) is 4.70. The molecule has 0 aromatic carbocycles. The largest absolute Gasteiger partial charge is 0.283 e. The average molecular weight is 194 g/mol. The maximum atomic E-state index is 11.6. The molecule has 2 rings (SSSR count). The third kappa shape index (κ3) is 1.39. The smallest absolute Gasteiger partial charge is 0.281 e. The number of carbonyl (C=O) groups excluding carboxylic acids is 1. The summed E-state index contributed by atoms with van der Waals surface area (Å²) in [7, 11) is 0. The van der Waals surface area contributed by atoms with Gasteiger partial charge in [0, 0.05) is 6.04 Å². The van der Waals surface area contributed by atoms with Crippen LogP contribution < -0.4 is 5.43 Å². The van der Waals surface area contributed by atoms with Crippen molar-refractivity contribution in [2.75, 3.05) is 0 Å². The first-order valence-electron chi connectivity index (χ1n) is 4.70. The molecule has 2 heterocycles. The van der Waals surface area contributed by atoms with Gasteiger partial charge in [-0.1, -0.05) is 0 Å². The van der Waals surface area contributed by atoms with E-state index in [9.17, 15) is 4.79 Å². The summed E-state index contributed by atoms with van der Waals surface area (Å²) >= 11 is 0. The molecule has 1 amide bonds. The lowest BCUT2D eigenvalue weighted by molar-refractivity contribution is 0.0470. The number of nitrogens with one attached hydrogen (secondary N) is 1. The van der Waals surface area contributed by atoms with E-state index >= 15 is 0 Å². The lowest BCUT2D eigenvalue weighted by atomic mass is 10.3. The summed E-state index contributed by atoms with van der Waals surface area (Å²) in [4.78, 5) is 11.6. The van der Waals surface area contributed by atoms with E-state index in [0.717, 1.165) is 5.69 Å². The minimum Gasteiger partial charge on any atom is -0.281 e. The average Bonchev–Trinajstić information content (AvgIpc) is 2.45. The fraction of sp³-hybridized carbons (Fsp3) is 0.556. The number of hydrogen-bond acceptors (Lipinski definition) is 3. The third-order valence-corrected chi connectivity index (χ3v) is 2.29. The first kappa shape index (κ1) is 9.21. The SMILES string of the molecule is Cc1cc2n(n1)CN(C(C)C)NC2=O. The molecule has 1 aliphatic heterocycles. The minimum atomic E-state index is -0.0782. The molecule has 0 unspecified atom stereocenters. The predicted octanol–water partition coefficient (Wildman–Crippen LogP) is 0.518. The van der Waals surface area contributed by atoms with Crippen LogP contribution >= 0.6 is 0 Å². The number of hydrogen-bond donors (Lipinski definition) is 1. The minimum absolute atomic E-state index is 0.0782. The first-order chi connectivity index (χ1) is 6.58. The Morgan fingerprint density at radius 1 is 1.57 bits per heavy atom. The molecule has 0 saturated heterocycles. The molecule has 1 aliphatic rings. The van der Waals surface area contributed by atoms with E-state index in [1.807, 2.05) is 25.8 Å². The van der Waals surface area contributed by atoms with Gasteiger partial charge in [0.15, 0.2) is 0 Å². The summed E-state index contributed by atoms with van der Waals surface area (Å²) in [5, 5.41) is 6.11. The van der Waals surface area contributed by atoms with Crippen molar-refractivity contribution in [2.45, 2.75) is 33.5 Å². The third-order valence-electron chi connectivity index (χ3n) is 2.29. The number of rotatable bonds is 1. The second kappa shape index (κ2) is 3.09. The molecule has 0 spiro atoms. The molecule has 0 fully saturated rings. The van der Waals surface area contributed by atoms with Crippen molar-refractivity contribution in [2.24, 2.45) is 0 Å². The van der Waals surface area contributed by atoms with Gasteiger partial charge in [-0.3, -0.25) is 10.2 Å². The number of aromatic nitrogens is 2. The van der Waals surface area contributed by atoms with Crippen LogP contribution in [0.25, 0.3) is 0 Å². The normalized spacial score (nSPS) is 17.0. The van der Waals surface area contributed by atoms with Gasteiger partial charge in [-0.25, -0.2) is 4.68 Å². The second-order valence-electron chi connectivity index (χ2n) is 3.82. The number of carbonyl (C=O) groups is 1. The van der Waals surface area contributed by atoms with Crippen LogP contribution in [0.5, 0.6) is 0 Å². The Bertz CT molecular complexity index is 369. The highest BCUT2D eigenvalue weighted by molar-refractivity contribution is 5.92. The number of fused-ring (bicyclic) bond motifs is 1. The van der Waals surface area contributed by atoms with E-state index in [1.165, 1.54) is 0 Å². The summed E-state index contributed by atoms with van der Waals surface area (Å²) in [5.74, 6) is -0.0782. The summed E-state index contributed by atoms with van der Waals surface area (Å²) in [5.41, 5.74) is 4.33. The van der Waals surface area contributed by atoms with Crippen molar-refractivity contribution in [1.82, 2.24) is 20.2 Å². The van der Waals surface area contributed by atoms with Gasteiger partial charge in [0.25, 0.3) is 5.91 Å². The summed E-state index contributed by atoms with van der Waals surface area (Å²) in [6, 6.07) is 2.07. The van der Waals surface area contributed by atoms with E-state index in [-0.39, 0.29) is 11.9 Å². The number of nitrogens with zero attached hydrogens (tertiary/aromatic N) is 3. The molecule has 0 atom stereocenters. The summed E-state index contributed by atoms with van der Waals surface area (Å²) in [6.07, 6.45) is 0. The van der Waals surface area contributed by atoms with Gasteiger partial charge in [-0.15, -0.1) is 0 Å². The zero-order chi connectivity index (χ0) is 10.3. The Morgan fingerprint density at radius 3 is 2.93 bits per heavy atom. The Kier molecular flexibility index (Phi) is 2.03. The standard InChI is InChI=1S/C9H14N4O/c1-6(2)12-5-13-8(9(14)11-12)4-7(3)10-13/h4,6H,5H2,1-3H3,(H,11,14). The maximum Gasteiger partial charge on any atom is 0.283 e. The summed E-state index contributed by atoms with van der Waals surface area (Å²) in [6.45, 7) is 6.56. The number of aryl methyl sites for hydroxylation is 1. The van der Waals surface area contributed by atoms with Gasteiger partial charge < -0.3 is 0 Å². The fourth-order valence-electron chi connectivity index (χ4n) is 1.50.